The number of ether oxygens (including phenoxy) is 1. The second kappa shape index (κ2) is 3.47. The highest BCUT2D eigenvalue weighted by molar-refractivity contribution is 5.81. The third kappa shape index (κ3) is 1.64. The zero-order chi connectivity index (χ0) is 11.1. The number of fused-ring (bicyclic) bond motifs is 1. The Kier molecular flexibility index (Phi) is 2.09. The average Bonchev–Trinajstić information content (AvgIpc) is 3.04. The predicted molar refractivity (Wildman–Crippen MR) is 55.5 cm³/mol. The molecule has 1 N–H and O–H groups in total. The van der Waals surface area contributed by atoms with Gasteiger partial charge in [-0.1, -0.05) is 0 Å². The lowest BCUT2D eigenvalue weighted by atomic mass is 10.1. The Morgan fingerprint density at radius 3 is 3.00 bits per heavy atom. The standard InChI is InChI=1S/C12H12FNO2/c13-8-3-4-11-9(5-8)10(6-16-11)14-12(15)7-1-2-7/h3-5,7,10H,1-2,6H2,(H,14,15). The van der Waals surface area contributed by atoms with Crippen LogP contribution >= 0.6 is 0 Å². The van der Waals surface area contributed by atoms with Crippen molar-refractivity contribution in [3.8, 4) is 5.75 Å². The van der Waals surface area contributed by atoms with Crippen molar-refractivity contribution in [1.29, 1.82) is 0 Å². The van der Waals surface area contributed by atoms with Crippen LogP contribution < -0.4 is 10.1 Å². The highest BCUT2D eigenvalue weighted by atomic mass is 19.1. The molecular weight excluding hydrogens is 209 g/mol. The fourth-order valence-corrected chi connectivity index (χ4v) is 1.94. The maximum atomic E-state index is 13.1. The van der Waals surface area contributed by atoms with Crippen LogP contribution in [0.2, 0.25) is 0 Å². The van der Waals surface area contributed by atoms with E-state index in [1.807, 2.05) is 0 Å². The van der Waals surface area contributed by atoms with Gasteiger partial charge in [-0.2, -0.15) is 0 Å². The fraction of sp³-hybridized carbons (Fsp3) is 0.417. The van der Waals surface area contributed by atoms with Crippen molar-refractivity contribution in [2.75, 3.05) is 6.61 Å². The Hall–Kier alpha value is -1.58. The van der Waals surface area contributed by atoms with Crippen LogP contribution in [0.1, 0.15) is 24.4 Å². The van der Waals surface area contributed by atoms with Crippen LogP contribution in [-0.2, 0) is 4.79 Å². The molecule has 84 valence electrons. The number of halogens is 1. The molecule has 16 heavy (non-hydrogen) atoms. The molecular formula is C12H12FNO2. The zero-order valence-corrected chi connectivity index (χ0v) is 8.70. The largest absolute Gasteiger partial charge is 0.491 e. The van der Waals surface area contributed by atoms with E-state index in [2.05, 4.69) is 5.32 Å². The molecule has 0 saturated heterocycles. The maximum absolute atomic E-state index is 13.1. The first-order valence-electron chi connectivity index (χ1n) is 5.46. The van der Waals surface area contributed by atoms with E-state index in [0.717, 1.165) is 18.4 Å². The van der Waals surface area contributed by atoms with E-state index in [9.17, 15) is 9.18 Å². The van der Waals surface area contributed by atoms with E-state index in [-0.39, 0.29) is 23.7 Å². The first kappa shape index (κ1) is 9.63. The minimum atomic E-state index is -0.296. The van der Waals surface area contributed by atoms with E-state index in [1.165, 1.54) is 12.1 Å². The molecule has 1 aromatic rings. The molecule has 1 saturated carbocycles. The number of carbonyl (C=O) groups excluding carboxylic acids is 1. The lowest BCUT2D eigenvalue weighted by Crippen LogP contribution is -2.30. The van der Waals surface area contributed by atoms with Gasteiger partial charge in [-0.05, 0) is 31.0 Å². The number of benzene rings is 1. The van der Waals surface area contributed by atoms with Gasteiger partial charge in [-0.3, -0.25) is 4.79 Å². The summed E-state index contributed by atoms with van der Waals surface area (Å²) >= 11 is 0. The first-order chi connectivity index (χ1) is 7.74. The Morgan fingerprint density at radius 1 is 1.44 bits per heavy atom. The van der Waals surface area contributed by atoms with Crippen molar-refractivity contribution in [1.82, 2.24) is 5.32 Å². The third-order valence-corrected chi connectivity index (χ3v) is 3.02. The van der Waals surface area contributed by atoms with Crippen LogP contribution in [-0.4, -0.2) is 12.5 Å². The van der Waals surface area contributed by atoms with Crippen LogP contribution in [0, 0.1) is 11.7 Å². The van der Waals surface area contributed by atoms with Crippen LogP contribution in [0.15, 0.2) is 18.2 Å². The summed E-state index contributed by atoms with van der Waals surface area (Å²) in [6.45, 7) is 0.400. The molecule has 1 heterocycles. The molecule has 0 bridgehead atoms. The van der Waals surface area contributed by atoms with Crippen LogP contribution in [0.5, 0.6) is 5.75 Å². The van der Waals surface area contributed by atoms with Crippen molar-refractivity contribution in [3.63, 3.8) is 0 Å². The number of carbonyl (C=O) groups is 1. The van der Waals surface area contributed by atoms with E-state index in [1.54, 1.807) is 6.07 Å². The highest BCUT2D eigenvalue weighted by Crippen LogP contribution is 2.35. The fourth-order valence-electron chi connectivity index (χ4n) is 1.94. The van der Waals surface area contributed by atoms with Crippen molar-refractivity contribution < 1.29 is 13.9 Å². The lowest BCUT2D eigenvalue weighted by Gasteiger charge is -2.11. The number of nitrogens with one attached hydrogen (secondary N) is 1. The third-order valence-electron chi connectivity index (χ3n) is 3.02. The van der Waals surface area contributed by atoms with Gasteiger partial charge in [-0.25, -0.2) is 4.39 Å². The van der Waals surface area contributed by atoms with E-state index in [0.29, 0.717) is 12.4 Å². The number of hydrogen-bond donors (Lipinski definition) is 1. The molecule has 1 aliphatic heterocycles. The van der Waals surface area contributed by atoms with E-state index >= 15 is 0 Å². The van der Waals surface area contributed by atoms with Crippen molar-refractivity contribution in [2.45, 2.75) is 18.9 Å². The average molecular weight is 221 g/mol. The lowest BCUT2D eigenvalue weighted by molar-refractivity contribution is -0.123. The quantitative estimate of drug-likeness (QED) is 0.826. The van der Waals surface area contributed by atoms with Gasteiger partial charge in [0.05, 0.1) is 6.04 Å². The Labute approximate surface area is 92.6 Å². The molecule has 1 atom stereocenters. The van der Waals surface area contributed by atoms with Crippen LogP contribution in [0.25, 0.3) is 0 Å². The summed E-state index contributed by atoms with van der Waals surface area (Å²) in [6.07, 6.45) is 1.94. The Morgan fingerprint density at radius 2 is 2.25 bits per heavy atom. The van der Waals surface area contributed by atoms with Gasteiger partial charge in [0.15, 0.2) is 0 Å². The second-order valence-corrected chi connectivity index (χ2v) is 4.33. The van der Waals surface area contributed by atoms with Crippen LogP contribution in [0.3, 0.4) is 0 Å². The topological polar surface area (TPSA) is 38.3 Å². The van der Waals surface area contributed by atoms with Crippen LogP contribution in [0.4, 0.5) is 4.39 Å². The summed E-state index contributed by atoms with van der Waals surface area (Å²) in [5.74, 6) is 0.598. The van der Waals surface area contributed by atoms with Gasteiger partial charge in [-0.15, -0.1) is 0 Å². The van der Waals surface area contributed by atoms with Gasteiger partial charge >= 0.3 is 0 Å². The first-order valence-corrected chi connectivity index (χ1v) is 5.46. The maximum Gasteiger partial charge on any atom is 0.223 e. The van der Waals surface area contributed by atoms with Gasteiger partial charge in [0.1, 0.15) is 18.2 Å². The number of hydrogen-bond acceptors (Lipinski definition) is 2. The zero-order valence-electron chi connectivity index (χ0n) is 8.70. The minimum Gasteiger partial charge on any atom is -0.491 e. The van der Waals surface area contributed by atoms with Crippen molar-refractivity contribution >= 4 is 5.91 Å². The summed E-state index contributed by atoms with van der Waals surface area (Å²) in [7, 11) is 0. The smallest absolute Gasteiger partial charge is 0.223 e. The molecule has 3 rings (SSSR count). The summed E-state index contributed by atoms with van der Waals surface area (Å²) in [6, 6.07) is 4.21. The van der Waals surface area contributed by atoms with E-state index in [4.69, 9.17) is 4.74 Å². The van der Waals surface area contributed by atoms with Crippen molar-refractivity contribution in [2.24, 2.45) is 5.92 Å². The summed E-state index contributed by atoms with van der Waals surface area (Å²) in [5.41, 5.74) is 0.744. The van der Waals surface area contributed by atoms with Gasteiger partial charge in [0.2, 0.25) is 5.91 Å². The Balaban J connectivity index is 1.79. The summed E-state index contributed by atoms with van der Waals surface area (Å²) in [4.78, 5) is 11.6. The number of amides is 1. The SMILES string of the molecule is O=C(NC1COc2ccc(F)cc21)C1CC1. The molecule has 1 fully saturated rings. The molecule has 1 unspecified atom stereocenters. The van der Waals surface area contributed by atoms with Gasteiger partial charge < -0.3 is 10.1 Å². The molecule has 1 aliphatic carbocycles. The summed E-state index contributed by atoms with van der Waals surface area (Å²) < 4.78 is 18.5. The molecule has 1 aromatic carbocycles. The van der Waals surface area contributed by atoms with E-state index < -0.39 is 0 Å². The molecule has 0 aromatic heterocycles. The van der Waals surface area contributed by atoms with Crippen molar-refractivity contribution in [3.05, 3.63) is 29.6 Å². The predicted octanol–water partition coefficient (Wildman–Crippen LogP) is 1.79. The van der Waals surface area contributed by atoms with Gasteiger partial charge in [0.25, 0.3) is 0 Å². The van der Waals surface area contributed by atoms with Gasteiger partial charge in [0, 0.05) is 11.5 Å². The highest BCUT2D eigenvalue weighted by Gasteiger charge is 2.33. The number of rotatable bonds is 2. The minimum absolute atomic E-state index is 0.0608. The molecule has 1 amide bonds. The molecule has 3 nitrogen and oxygen atoms in total. The monoisotopic (exact) mass is 221 g/mol. The molecule has 0 radical (unpaired) electrons. The molecule has 0 spiro atoms. The Bertz CT molecular complexity index is 443. The molecule has 4 heteroatoms. The summed E-state index contributed by atoms with van der Waals surface area (Å²) in [5, 5.41) is 2.89. The second-order valence-electron chi connectivity index (χ2n) is 4.33. The normalized spacial score (nSPS) is 22.4. The molecule has 2 aliphatic rings.